The van der Waals surface area contributed by atoms with Crippen LogP contribution in [0.1, 0.15) is 0 Å². The van der Waals surface area contributed by atoms with E-state index in [9.17, 15) is 0 Å². The number of thiophene rings is 1. The summed E-state index contributed by atoms with van der Waals surface area (Å²) in [5.41, 5.74) is 9.68. The Bertz CT molecular complexity index is 3160. The van der Waals surface area contributed by atoms with Gasteiger partial charge in [-0.15, -0.1) is 11.3 Å². The van der Waals surface area contributed by atoms with Crippen LogP contribution in [0.25, 0.3) is 85.9 Å². The highest BCUT2D eigenvalue weighted by Gasteiger charge is 2.25. The zero-order valence-electron chi connectivity index (χ0n) is 28.7. The molecule has 2 aromatic heterocycles. The second-order valence-corrected chi connectivity index (χ2v) is 14.7. The lowest BCUT2D eigenvalue weighted by atomic mass is 9.93. The number of benzene rings is 9. The van der Waals surface area contributed by atoms with Crippen LogP contribution in [0.3, 0.4) is 0 Å². The van der Waals surface area contributed by atoms with Gasteiger partial charge in [-0.3, -0.25) is 0 Å². The minimum Gasteiger partial charge on any atom is -0.453 e. The van der Waals surface area contributed by atoms with E-state index in [1.165, 1.54) is 47.5 Å². The number of rotatable bonds is 5. The number of fused-ring (bicyclic) bond motifs is 11. The van der Waals surface area contributed by atoms with Gasteiger partial charge in [-0.25, -0.2) is 0 Å². The van der Waals surface area contributed by atoms with E-state index in [1.54, 1.807) is 0 Å². The topological polar surface area (TPSA) is 16.4 Å². The zero-order chi connectivity index (χ0) is 34.9. The van der Waals surface area contributed by atoms with Crippen LogP contribution in [0.2, 0.25) is 0 Å². The van der Waals surface area contributed by atoms with Crippen molar-refractivity contribution in [1.82, 2.24) is 0 Å². The Labute approximate surface area is 310 Å². The van der Waals surface area contributed by atoms with Crippen molar-refractivity contribution in [3.8, 4) is 22.3 Å². The predicted molar refractivity (Wildman–Crippen MR) is 227 cm³/mol. The summed E-state index contributed by atoms with van der Waals surface area (Å²) in [6, 6.07) is 67.6. The molecule has 0 bridgehead atoms. The van der Waals surface area contributed by atoms with E-state index >= 15 is 0 Å². The first-order valence-corrected chi connectivity index (χ1v) is 18.8. The van der Waals surface area contributed by atoms with Crippen LogP contribution in [0, 0.1) is 0 Å². The second kappa shape index (κ2) is 11.9. The van der Waals surface area contributed by atoms with Gasteiger partial charge in [0, 0.05) is 47.7 Å². The van der Waals surface area contributed by atoms with Gasteiger partial charge in [0.15, 0.2) is 5.58 Å². The fourth-order valence-electron chi connectivity index (χ4n) is 8.29. The average molecular weight is 694 g/mol. The minimum absolute atomic E-state index is 0.867. The van der Waals surface area contributed by atoms with Gasteiger partial charge in [0.1, 0.15) is 5.58 Å². The van der Waals surface area contributed by atoms with E-state index in [4.69, 9.17) is 4.42 Å². The van der Waals surface area contributed by atoms with Crippen LogP contribution >= 0.6 is 11.3 Å². The molecule has 0 spiro atoms. The van der Waals surface area contributed by atoms with Crippen molar-refractivity contribution in [2.45, 2.75) is 0 Å². The maximum Gasteiger partial charge on any atom is 0.160 e. The predicted octanol–water partition coefficient (Wildman–Crippen LogP) is 15.1. The van der Waals surface area contributed by atoms with Crippen molar-refractivity contribution in [3.05, 3.63) is 188 Å². The Morgan fingerprint density at radius 1 is 0.358 bits per heavy atom. The molecule has 0 N–H and O–H groups in total. The summed E-state index contributed by atoms with van der Waals surface area (Å²) >= 11 is 1.87. The minimum atomic E-state index is 0.867. The van der Waals surface area contributed by atoms with Crippen LogP contribution in [0.15, 0.2) is 192 Å². The molecule has 2 heterocycles. The number of para-hydroxylation sites is 1. The van der Waals surface area contributed by atoms with Crippen LogP contribution in [-0.4, -0.2) is 0 Å². The van der Waals surface area contributed by atoms with E-state index in [0.29, 0.717) is 0 Å². The Kier molecular flexibility index (Phi) is 6.76. The molecule has 11 aromatic rings. The summed E-state index contributed by atoms with van der Waals surface area (Å²) in [7, 11) is 0. The Morgan fingerprint density at radius 2 is 0.943 bits per heavy atom. The molecule has 9 aromatic carbocycles. The summed E-state index contributed by atoms with van der Waals surface area (Å²) in [6.07, 6.45) is 0. The lowest BCUT2D eigenvalue weighted by Gasteiger charge is -2.26. The maximum absolute atomic E-state index is 7.22. The van der Waals surface area contributed by atoms with Crippen molar-refractivity contribution >= 4 is 92.1 Å². The first kappa shape index (κ1) is 30.0. The van der Waals surface area contributed by atoms with Crippen molar-refractivity contribution in [2.75, 3.05) is 4.90 Å². The second-order valence-electron chi connectivity index (χ2n) is 13.6. The van der Waals surface area contributed by atoms with Crippen molar-refractivity contribution in [3.63, 3.8) is 0 Å². The summed E-state index contributed by atoms with van der Waals surface area (Å²) in [4.78, 5) is 2.34. The highest BCUT2D eigenvalue weighted by Crippen LogP contribution is 2.49. The van der Waals surface area contributed by atoms with Gasteiger partial charge in [-0.1, -0.05) is 152 Å². The molecule has 0 radical (unpaired) electrons. The van der Waals surface area contributed by atoms with Gasteiger partial charge in [-0.2, -0.15) is 0 Å². The van der Waals surface area contributed by atoms with Gasteiger partial charge in [0.05, 0.1) is 5.69 Å². The fraction of sp³-hybridized carbons (Fsp3) is 0. The van der Waals surface area contributed by atoms with E-state index in [0.717, 1.165) is 55.5 Å². The SMILES string of the molecule is c1ccc(-c2ccc(N(c3ccccc3)c3ccc(-c4cccc5c4sc4ccccc45)cc3)c3oc4c5ccccc5c5ccccc5c4c23)cc1. The molecule has 0 amide bonds. The molecule has 53 heavy (non-hydrogen) atoms. The number of furan rings is 1. The molecule has 0 saturated heterocycles. The Hall–Kier alpha value is -6.68. The standard InChI is InChI=1S/C50H31NOS/c1-3-14-32(15-4-1)36-30-31-44(49-46(36)47-41-21-9-7-18-38(41)39-19-8-10-22-42(39)48(47)52-49)51(34-16-5-2-6-17-34)35-28-26-33(27-29-35)37-23-13-24-43-40-20-11-12-25-45(40)53-50(37)43/h1-31H. The molecule has 0 aliphatic heterocycles. The molecule has 2 nitrogen and oxygen atoms in total. The number of hydrogen-bond donors (Lipinski definition) is 0. The molecule has 11 rings (SSSR count). The molecule has 0 unspecified atom stereocenters. The smallest absolute Gasteiger partial charge is 0.160 e. The molecular formula is C50H31NOS. The molecule has 0 atom stereocenters. The first-order chi connectivity index (χ1) is 26.3. The Balaban J connectivity index is 1.18. The Morgan fingerprint density at radius 3 is 1.72 bits per heavy atom. The molecule has 248 valence electrons. The summed E-state index contributed by atoms with van der Waals surface area (Å²) < 4.78 is 9.86. The highest BCUT2D eigenvalue weighted by molar-refractivity contribution is 7.26. The molecule has 3 heteroatoms. The highest BCUT2D eigenvalue weighted by atomic mass is 32.1. The molecule has 0 fully saturated rings. The third-order valence-electron chi connectivity index (χ3n) is 10.7. The number of nitrogens with zero attached hydrogens (tertiary/aromatic N) is 1. The third-order valence-corrected chi connectivity index (χ3v) is 11.9. The van der Waals surface area contributed by atoms with E-state index in [1.807, 2.05) is 11.3 Å². The first-order valence-electron chi connectivity index (χ1n) is 18.0. The van der Waals surface area contributed by atoms with Gasteiger partial charge in [-0.05, 0) is 74.8 Å². The van der Waals surface area contributed by atoms with Gasteiger partial charge >= 0.3 is 0 Å². The largest absolute Gasteiger partial charge is 0.453 e. The summed E-state index contributed by atoms with van der Waals surface area (Å²) in [5, 5.41) is 9.64. The molecule has 0 aliphatic carbocycles. The van der Waals surface area contributed by atoms with Crippen LogP contribution in [-0.2, 0) is 0 Å². The maximum atomic E-state index is 7.22. The fourth-order valence-corrected chi connectivity index (χ4v) is 9.53. The van der Waals surface area contributed by atoms with Gasteiger partial charge in [0.2, 0.25) is 0 Å². The summed E-state index contributed by atoms with van der Waals surface area (Å²) in [6.45, 7) is 0. The summed E-state index contributed by atoms with van der Waals surface area (Å²) in [5.74, 6) is 0. The van der Waals surface area contributed by atoms with Crippen molar-refractivity contribution in [2.24, 2.45) is 0 Å². The van der Waals surface area contributed by atoms with E-state index in [-0.39, 0.29) is 0 Å². The monoisotopic (exact) mass is 693 g/mol. The number of anilines is 3. The average Bonchev–Trinajstić information content (AvgIpc) is 3.83. The van der Waals surface area contributed by atoms with Crippen LogP contribution in [0.5, 0.6) is 0 Å². The molecule has 0 aliphatic rings. The third kappa shape index (κ3) is 4.64. The zero-order valence-corrected chi connectivity index (χ0v) is 29.5. The van der Waals surface area contributed by atoms with Crippen molar-refractivity contribution < 1.29 is 4.42 Å². The normalized spacial score (nSPS) is 11.8. The lowest BCUT2D eigenvalue weighted by molar-refractivity contribution is 0.673. The molecule has 0 saturated carbocycles. The quantitative estimate of drug-likeness (QED) is 0.167. The van der Waals surface area contributed by atoms with Crippen molar-refractivity contribution in [1.29, 1.82) is 0 Å². The number of hydrogen-bond acceptors (Lipinski definition) is 3. The van der Waals surface area contributed by atoms with Crippen LogP contribution in [0.4, 0.5) is 17.1 Å². The van der Waals surface area contributed by atoms with Gasteiger partial charge < -0.3 is 9.32 Å². The van der Waals surface area contributed by atoms with E-state index < -0.39 is 0 Å². The van der Waals surface area contributed by atoms with E-state index in [2.05, 4.69) is 193 Å². The lowest BCUT2D eigenvalue weighted by Crippen LogP contribution is -2.10. The molecular weight excluding hydrogens is 663 g/mol. The van der Waals surface area contributed by atoms with Gasteiger partial charge in [0.25, 0.3) is 0 Å². The van der Waals surface area contributed by atoms with Crippen LogP contribution < -0.4 is 4.90 Å².